The summed E-state index contributed by atoms with van der Waals surface area (Å²) < 4.78 is 5.61. The third kappa shape index (κ3) is 1.62. The maximum atomic E-state index is 5.89. The van der Waals surface area contributed by atoms with Gasteiger partial charge < -0.3 is 10.5 Å². The Morgan fingerprint density at radius 1 is 1.31 bits per heavy atom. The zero-order valence-corrected chi connectivity index (χ0v) is 7.97. The first-order valence-electron chi connectivity index (χ1n) is 4.79. The molecule has 2 nitrogen and oxygen atoms in total. The second kappa shape index (κ2) is 3.29. The second-order valence-electron chi connectivity index (χ2n) is 3.65. The molecular weight excluding hydrogens is 162 g/mol. The molecular formula is C11H15NO. The Kier molecular flexibility index (Phi) is 2.13. The van der Waals surface area contributed by atoms with Gasteiger partial charge in [-0.1, -0.05) is 6.07 Å². The summed E-state index contributed by atoms with van der Waals surface area (Å²) in [5, 5.41) is 0. The molecule has 0 unspecified atom stereocenters. The lowest BCUT2D eigenvalue weighted by Gasteiger charge is -2.10. The number of ether oxygens (including phenoxy) is 1. The van der Waals surface area contributed by atoms with Crippen LogP contribution in [0.25, 0.3) is 0 Å². The van der Waals surface area contributed by atoms with Crippen molar-refractivity contribution in [3.05, 3.63) is 23.3 Å². The Bertz CT molecular complexity index is 320. The Hall–Kier alpha value is -1.18. The van der Waals surface area contributed by atoms with Crippen LogP contribution in [0.4, 0.5) is 5.69 Å². The number of hydrogen-bond acceptors (Lipinski definition) is 2. The molecule has 2 heteroatoms. The van der Waals surface area contributed by atoms with Crippen molar-refractivity contribution in [3.63, 3.8) is 0 Å². The molecule has 1 aliphatic heterocycles. The first kappa shape index (κ1) is 8.42. The molecule has 0 atom stereocenters. The van der Waals surface area contributed by atoms with E-state index in [-0.39, 0.29) is 0 Å². The number of fused-ring (bicyclic) bond motifs is 1. The molecule has 1 aromatic carbocycles. The van der Waals surface area contributed by atoms with Crippen LogP contribution in [0.5, 0.6) is 5.75 Å². The molecule has 0 bridgehead atoms. The third-order valence-corrected chi connectivity index (χ3v) is 2.43. The monoisotopic (exact) mass is 177 g/mol. The largest absolute Gasteiger partial charge is 0.491 e. The Balaban J connectivity index is 2.47. The number of anilines is 1. The molecule has 1 heterocycles. The van der Waals surface area contributed by atoms with Crippen LogP contribution in [0.2, 0.25) is 0 Å². The van der Waals surface area contributed by atoms with Crippen LogP contribution in [-0.4, -0.2) is 6.61 Å². The van der Waals surface area contributed by atoms with Gasteiger partial charge in [0.25, 0.3) is 0 Å². The molecule has 0 radical (unpaired) electrons. The highest BCUT2D eigenvalue weighted by Gasteiger charge is 2.11. The van der Waals surface area contributed by atoms with Gasteiger partial charge in [0.15, 0.2) is 0 Å². The Labute approximate surface area is 78.7 Å². The van der Waals surface area contributed by atoms with Crippen molar-refractivity contribution in [1.82, 2.24) is 0 Å². The van der Waals surface area contributed by atoms with Gasteiger partial charge in [-0.2, -0.15) is 0 Å². The Morgan fingerprint density at radius 2 is 2.15 bits per heavy atom. The summed E-state index contributed by atoms with van der Waals surface area (Å²) in [5.41, 5.74) is 9.17. The SMILES string of the molecule is Cc1cc(N)c2c(c1)CCCCO2. The van der Waals surface area contributed by atoms with E-state index < -0.39 is 0 Å². The summed E-state index contributed by atoms with van der Waals surface area (Å²) >= 11 is 0. The number of benzene rings is 1. The molecule has 0 saturated carbocycles. The van der Waals surface area contributed by atoms with Crippen molar-refractivity contribution in [2.24, 2.45) is 0 Å². The van der Waals surface area contributed by atoms with E-state index in [0.717, 1.165) is 30.9 Å². The molecule has 0 aliphatic carbocycles. The molecule has 0 fully saturated rings. The van der Waals surface area contributed by atoms with Crippen molar-refractivity contribution < 1.29 is 4.74 Å². The second-order valence-corrected chi connectivity index (χ2v) is 3.65. The predicted octanol–water partition coefficient (Wildman–Crippen LogP) is 2.29. The lowest BCUT2D eigenvalue weighted by atomic mass is 10.0. The zero-order valence-electron chi connectivity index (χ0n) is 7.97. The summed E-state index contributed by atoms with van der Waals surface area (Å²) in [6.07, 6.45) is 3.43. The van der Waals surface area contributed by atoms with Gasteiger partial charge in [0.05, 0.1) is 12.3 Å². The number of hydrogen-bond donors (Lipinski definition) is 1. The van der Waals surface area contributed by atoms with Crippen molar-refractivity contribution in [1.29, 1.82) is 0 Å². The molecule has 0 saturated heterocycles. The molecule has 70 valence electrons. The van der Waals surface area contributed by atoms with Crippen LogP contribution in [0.15, 0.2) is 12.1 Å². The minimum atomic E-state index is 0.789. The lowest BCUT2D eigenvalue weighted by molar-refractivity contribution is 0.318. The minimum Gasteiger partial charge on any atom is -0.491 e. The summed E-state index contributed by atoms with van der Waals surface area (Å²) in [5.74, 6) is 0.920. The highest BCUT2D eigenvalue weighted by Crippen LogP contribution is 2.31. The average Bonchev–Trinajstić information content (AvgIpc) is 2.28. The first-order valence-corrected chi connectivity index (χ1v) is 4.79. The molecule has 2 N–H and O–H groups in total. The smallest absolute Gasteiger partial charge is 0.145 e. The van der Waals surface area contributed by atoms with Crippen LogP contribution in [0, 0.1) is 6.92 Å². The van der Waals surface area contributed by atoms with Crippen molar-refractivity contribution in [3.8, 4) is 5.75 Å². The maximum Gasteiger partial charge on any atom is 0.145 e. The number of aryl methyl sites for hydroxylation is 2. The summed E-state index contributed by atoms with van der Waals surface area (Å²) in [6.45, 7) is 2.88. The quantitative estimate of drug-likeness (QED) is 0.617. The molecule has 0 amide bonds. The van der Waals surface area contributed by atoms with Gasteiger partial charge in [-0.15, -0.1) is 0 Å². The van der Waals surface area contributed by atoms with E-state index in [1.807, 2.05) is 6.07 Å². The van der Waals surface area contributed by atoms with E-state index >= 15 is 0 Å². The standard InChI is InChI=1S/C11H15NO/c1-8-6-9-4-2-3-5-13-11(9)10(12)7-8/h6-7H,2-5,12H2,1H3. The van der Waals surface area contributed by atoms with Crippen LogP contribution >= 0.6 is 0 Å². The highest BCUT2D eigenvalue weighted by atomic mass is 16.5. The molecule has 2 rings (SSSR count). The van der Waals surface area contributed by atoms with E-state index in [9.17, 15) is 0 Å². The van der Waals surface area contributed by atoms with Crippen LogP contribution in [-0.2, 0) is 6.42 Å². The van der Waals surface area contributed by atoms with Crippen LogP contribution in [0.1, 0.15) is 24.0 Å². The van der Waals surface area contributed by atoms with Crippen LogP contribution in [0.3, 0.4) is 0 Å². The van der Waals surface area contributed by atoms with Gasteiger partial charge in [-0.25, -0.2) is 0 Å². The molecule has 13 heavy (non-hydrogen) atoms. The van der Waals surface area contributed by atoms with Gasteiger partial charge in [-0.3, -0.25) is 0 Å². The summed E-state index contributed by atoms with van der Waals surface area (Å²) in [6, 6.07) is 4.15. The van der Waals surface area contributed by atoms with Gasteiger partial charge >= 0.3 is 0 Å². The van der Waals surface area contributed by atoms with Crippen LogP contribution < -0.4 is 10.5 Å². The number of nitrogen functional groups attached to an aromatic ring is 1. The van der Waals surface area contributed by atoms with Crippen molar-refractivity contribution >= 4 is 5.69 Å². The highest BCUT2D eigenvalue weighted by molar-refractivity contribution is 5.59. The molecule has 0 spiro atoms. The topological polar surface area (TPSA) is 35.2 Å². The fourth-order valence-electron chi connectivity index (χ4n) is 1.83. The fraction of sp³-hybridized carbons (Fsp3) is 0.455. The first-order chi connectivity index (χ1) is 6.27. The Morgan fingerprint density at radius 3 is 3.00 bits per heavy atom. The van der Waals surface area contributed by atoms with E-state index in [1.54, 1.807) is 0 Å². The normalized spacial score (nSPS) is 15.8. The van der Waals surface area contributed by atoms with E-state index in [4.69, 9.17) is 10.5 Å². The number of nitrogens with two attached hydrogens (primary N) is 1. The lowest BCUT2D eigenvalue weighted by Crippen LogP contribution is -1.99. The minimum absolute atomic E-state index is 0.789. The third-order valence-electron chi connectivity index (χ3n) is 2.43. The van der Waals surface area contributed by atoms with Gasteiger partial charge in [0.2, 0.25) is 0 Å². The van der Waals surface area contributed by atoms with E-state index in [1.165, 1.54) is 17.5 Å². The van der Waals surface area contributed by atoms with Gasteiger partial charge in [0.1, 0.15) is 5.75 Å². The van der Waals surface area contributed by atoms with Gasteiger partial charge in [0, 0.05) is 0 Å². The van der Waals surface area contributed by atoms with Crippen molar-refractivity contribution in [2.45, 2.75) is 26.2 Å². The predicted molar refractivity (Wildman–Crippen MR) is 54.0 cm³/mol. The van der Waals surface area contributed by atoms with Crippen molar-refractivity contribution in [2.75, 3.05) is 12.3 Å². The molecule has 1 aliphatic rings. The average molecular weight is 177 g/mol. The maximum absolute atomic E-state index is 5.89. The number of rotatable bonds is 0. The summed E-state index contributed by atoms with van der Waals surface area (Å²) in [7, 11) is 0. The van der Waals surface area contributed by atoms with E-state index in [0.29, 0.717) is 0 Å². The molecule has 0 aromatic heterocycles. The summed E-state index contributed by atoms with van der Waals surface area (Å²) in [4.78, 5) is 0. The molecule has 1 aromatic rings. The fourth-order valence-corrected chi connectivity index (χ4v) is 1.83. The van der Waals surface area contributed by atoms with E-state index in [2.05, 4.69) is 13.0 Å². The zero-order chi connectivity index (χ0) is 9.26. The van der Waals surface area contributed by atoms with Gasteiger partial charge in [-0.05, 0) is 43.4 Å².